The molecule has 0 aliphatic carbocycles. The van der Waals surface area contributed by atoms with Gasteiger partial charge in [0.2, 0.25) is 0 Å². The summed E-state index contributed by atoms with van der Waals surface area (Å²) in [7, 11) is 0. The molecule has 0 atom stereocenters. The molecule has 102 valence electrons. The van der Waals surface area contributed by atoms with Crippen LogP contribution in [0.15, 0.2) is 40.6 Å². The van der Waals surface area contributed by atoms with Gasteiger partial charge in [-0.3, -0.25) is 0 Å². The number of nitrogens with one attached hydrogen (secondary N) is 1. The molecule has 7 heteroatoms. The molecule has 0 saturated heterocycles. The SMILES string of the molecule is NNc1nc(CSc2ccc(O)cc2)nc2sccc12. The Kier molecular flexibility index (Phi) is 3.72. The Hall–Kier alpha value is -1.83. The average molecular weight is 304 g/mol. The number of nitrogens with zero attached hydrogens (tertiary/aromatic N) is 2. The van der Waals surface area contributed by atoms with Gasteiger partial charge < -0.3 is 10.5 Å². The van der Waals surface area contributed by atoms with E-state index in [9.17, 15) is 5.11 Å². The van der Waals surface area contributed by atoms with Crippen LogP contribution in [-0.2, 0) is 5.75 Å². The van der Waals surface area contributed by atoms with E-state index >= 15 is 0 Å². The summed E-state index contributed by atoms with van der Waals surface area (Å²) in [6.45, 7) is 0. The number of rotatable bonds is 4. The molecule has 3 rings (SSSR count). The standard InChI is InChI=1S/C13H12N4OS2/c14-17-12-10-5-6-19-13(10)16-11(15-12)7-20-9-3-1-8(18)2-4-9/h1-6,18H,7,14H2,(H,15,16,17). The fourth-order valence-electron chi connectivity index (χ4n) is 1.76. The lowest BCUT2D eigenvalue weighted by Gasteiger charge is -2.05. The van der Waals surface area contributed by atoms with E-state index < -0.39 is 0 Å². The Morgan fingerprint density at radius 3 is 2.75 bits per heavy atom. The zero-order valence-electron chi connectivity index (χ0n) is 10.4. The van der Waals surface area contributed by atoms with Crippen LogP contribution < -0.4 is 11.3 Å². The molecule has 0 saturated carbocycles. The van der Waals surface area contributed by atoms with E-state index in [4.69, 9.17) is 5.84 Å². The number of phenols is 1. The highest BCUT2D eigenvalue weighted by atomic mass is 32.2. The van der Waals surface area contributed by atoms with Crippen molar-refractivity contribution in [2.45, 2.75) is 10.6 Å². The van der Waals surface area contributed by atoms with Crippen LogP contribution in [0, 0.1) is 0 Å². The molecule has 0 bridgehead atoms. The molecule has 0 unspecified atom stereocenters. The van der Waals surface area contributed by atoms with E-state index in [1.54, 1.807) is 35.2 Å². The maximum Gasteiger partial charge on any atom is 0.152 e. The Morgan fingerprint density at radius 1 is 1.20 bits per heavy atom. The van der Waals surface area contributed by atoms with Crippen molar-refractivity contribution in [1.82, 2.24) is 9.97 Å². The molecule has 0 aliphatic heterocycles. The average Bonchev–Trinajstić information content (AvgIpc) is 2.94. The van der Waals surface area contributed by atoms with E-state index in [0.29, 0.717) is 11.6 Å². The molecular weight excluding hydrogens is 292 g/mol. The largest absolute Gasteiger partial charge is 0.508 e. The van der Waals surface area contributed by atoms with Gasteiger partial charge in [-0.15, -0.1) is 23.1 Å². The second kappa shape index (κ2) is 5.66. The number of nitrogen functional groups attached to an aromatic ring is 1. The summed E-state index contributed by atoms with van der Waals surface area (Å²) in [6.07, 6.45) is 0. The van der Waals surface area contributed by atoms with Crippen molar-refractivity contribution >= 4 is 39.1 Å². The van der Waals surface area contributed by atoms with Crippen molar-refractivity contribution in [2.75, 3.05) is 5.43 Å². The number of nitrogens with two attached hydrogens (primary N) is 1. The molecule has 2 aromatic heterocycles. The van der Waals surface area contributed by atoms with Gasteiger partial charge in [0.05, 0.1) is 11.1 Å². The zero-order chi connectivity index (χ0) is 13.9. The van der Waals surface area contributed by atoms with Crippen LogP contribution in [-0.4, -0.2) is 15.1 Å². The molecule has 0 aliphatic rings. The number of hydrazine groups is 1. The predicted molar refractivity (Wildman–Crippen MR) is 82.9 cm³/mol. The third kappa shape index (κ3) is 2.69. The van der Waals surface area contributed by atoms with Crippen LogP contribution in [0.1, 0.15) is 5.82 Å². The van der Waals surface area contributed by atoms with Crippen LogP contribution in [0.4, 0.5) is 5.82 Å². The normalized spacial score (nSPS) is 10.8. The minimum atomic E-state index is 0.264. The summed E-state index contributed by atoms with van der Waals surface area (Å²) in [6, 6.07) is 9.01. The maximum absolute atomic E-state index is 9.25. The van der Waals surface area contributed by atoms with Crippen LogP contribution in [0.2, 0.25) is 0 Å². The van der Waals surface area contributed by atoms with Crippen LogP contribution in [0.3, 0.4) is 0 Å². The summed E-state index contributed by atoms with van der Waals surface area (Å²) in [5.41, 5.74) is 2.62. The van der Waals surface area contributed by atoms with E-state index in [1.807, 2.05) is 23.6 Å². The molecule has 0 amide bonds. The van der Waals surface area contributed by atoms with E-state index in [2.05, 4.69) is 15.4 Å². The van der Waals surface area contributed by atoms with Gasteiger partial charge in [-0.25, -0.2) is 15.8 Å². The summed E-state index contributed by atoms with van der Waals surface area (Å²) < 4.78 is 0. The topological polar surface area (TPSA) is 84.1 Å². The molecular formula is C13H12N4OS2. The van der Waals surface area contributed by atoms with Gasteiger partial charge in [-0.05, 0) is 35.7 Å². The molecule has 0 fully saturated rings. The van der Waals surface area contributed by atoms with Crippen LogP contribution in [0.25, 0.3) is 10.2 Å². The third-order valence-electron chi connectivity index (χ3n) is 2.71. The Morgan fingerprint density at radius 2 is 2.00 bits per heavy atom. The van der Waals surface area contributed by atoms with Crippen molar-refractivity contribution in [1.29, 1.82) is 0 Å². The lowest BCUT2D eigenvalue weighted by molar-refractivity contribution is 0.475. The van der Waals surface area contributed by atoms with E-state index in [-0.39, 0.29) is 5.75 Å². The zero-order valence-corrected chi connectivity index (χ0v) is 12.0. The Labute approximate surface area is 123 Å². The molecule has 4 N–H and O–H groups in total. The number of thiophene rings is 1. The number of aromatic nitrogens is 2. The number of hydrogen-bond donors (Lipinski definition) is 3. The second-order valence-corrected chi connectivity index (χ2v) is 6.00. The fraction of sp³-hybridized carbons (Fsp3) is 0.0769. The molecule has 5 nitrogen and oxygen atoms in total. The van der Waals surface area contributed by atoms with Crippen LogP contribution in [0.5, 0.6) is 5.75 Å². The van der Waals surface area contributed by atoms with Crippen molar-refractivity contribution in [2.24, 2.45) is 5.84 Å². The lowest BCUT2D eigenvalue weighted by atomic mass is 10.3. The van der Waals surface area contributed by atoms with Gasteiger partial charge in [-0.1, -0.05) is 0 Å². The maximum atomic E-state index is 9.25. The molecule has 0 radical (unpaired) electrons. The molecule has 1 aromatic carbocycles. The fourth-order valence-corrected chi connectivity index (χ4v) is 3.30. The highest BCUT2D eigenvalue weighted by molar-refractivity contribution is 7.98. The number of benzene rings is 1. The molecule has 2 heterocycles. The monoisotopic (exact) mass is 304 g/mol. The predicted octanol–water partition coefficient (Wildman–Crippen LogP) is 2.97. The first-order valence-corrected chi connectivity index (χ1v) is 7.75. The van der Waals surface area contributed by atoms with Gasteiger partial charge in [0.25, 0.3) is 0 Å². The third-order valence-corrected chi connectivity index (χ3v) is 4.53. The number of aromatic hydroxyl groups is 1. The van der Waals surface area contributed by atoms with E-state index in [1.165, 1.54) is 0 Å². The number of fused-ring (bicyclic) bond motifs is 1. The second-order valence-electron chi connectivity index (χ2n) is 4.05. The molecule has 20 heavy (non-hydrogen) atoms. The van der Waals surface area contributed by atoms with Crippen molar-refractivity contribution in [3.63, 3.8) is 0 Å². The number of phenolic OH excluding ortho intramolecular Hbond substituents is 1. The first-order valence-electron chi connectivity index (χ1n) is 5.89. The van der Waals surface area contributed by atoms with Gasteiger partial charge in [0.15, 0.2) is 5.82 Å². The number of hydrogen-bond acceptors (Lipinski definition) is 7. The van der Waals surface area contributed by atoms with Gasteiger partial charge >= 0.3 is 0 Å². The first kappa shape index (κ1) is 13.2. The summed E-state index contributed by atoms with van der Waals surface area (Å²) in [4.78, 5) is 10.9. The van der Waals surface area contributed by atoms with Crippen LogP contribution >= 0.6 is 23.1 Å². The van der Waals surface area contributed by atoms with Gasteiger partial charge in [0.1, 0.15) is 16.4 Å². The van der Waals surface area contributed by atoms with Crippen molar-refractivity contribution in [3.8, 4) is 5.75 Å². The minimum absolute atomic E-state index is 0.264. The molecule has 3 aromatic rings. The van der Waals surface area contributed by atoms with E-state index in [0.717, 1.165) is 20.9 Å². The summed E-state index contributed by atoms with van der Waals surface area (Å²) in [5, 5.41) is 12.2. The minimum Gasteiger partial charge on any atom is -0.508 e. The van der Waals surface area contributed by atoms with Crippen molar-refractivity contribution in [3.05, 3.63) is 41.5 Å². The summed E-state index contributed by atoms with van der Waals surface area (Å²) in [5.74, 6) is 7.79. The Balaban J connectivity index is 1.81. The van der Waals surface area contributed by atoms with Gasteiger partial charge in [-0.2, -0.15) is 0 Å². The number of anilines is 1. The van der Waals surface area contributed by atoms with Crippen molar-refractivity contribution < 1.29 is 5.11 Å². The van der Waals surface area contributed by atoms with Gasteiger partial charge in [0, 0.05) is 4.90 Å². The highest BCUT2D eigenvalue weighted by Crippen LogP contribution is 2.28. The Bertz CT molecular complexity index is 727. The first-order chi connectivity index (χ1) is 9.76. The highest BCUT2D eigenvalue weighted by Gasteiger charge is 2.08. The molecule has 0 spiro atoms. The quantitative estimate of drug-likeness (QED) is 0.390. The smallest absolute Gasteiger partial charge is 0.152 e. The summed E-state index contributed by atoms with van der Waals surface area (Å²) >= 11 is 3.18. The lowest BCUT2D eigenvalue weighted by Crippen LogP contribution is -2.10. The number of thioether (sulfide) groups is 1.